The van der Waals surface area contributed by atoms with Crippen LogP contribution in [0, 0.1) is 5.82 Å². The molecule has 1 aromatic heterocycles. The van der Waals surface area contributed by atoms with Crippen LogP contribution in [0.25, 0.3) is 11.4 Å². The molecule has 0 radical (unpaired) electrons. The highest BCUT2D eigenvalue weighted by molar-refractivity contribution is 7.89. The highest BCUT2D eigenvalue weighted by atomic mass is 32.2. The van der Waals surface area contributed by atoms with Crippen LogP contribution in [0.2, 0.25) is 0 Å². The SMILES string of the molecule is COc1nc(NCCc2ccc(F)cc2)nc(-c2cccc(S(=O)(=O)NC3CC3)c2)n1. The number of hydrogen-bond acceptors (Lipinski definition) is 7. The third-order valence-corrected chi connectivity index (χ3v) is 6.23. The molecule has 2 N–H and O–H groups in total. The molecule has 1 fully saturated rings. The molecule has 0 aliphatic heterocycles. The van der Waals surface area contributed by atoms with Gasteiger partial charge in [-0.15, -0.1) is 0 Å². The molecule has 8 nitrogen and oxygen atoms in total. The van der Waals surface area contributed by atoms with E-state index in [-0.39, 0.29) is 22.8 Å². The Hall–Kier alpha value is -3.11. The van der Waals surface area contributed by atoms with Gasteiger partial charge in [-0.1, -0.05) is 24.3 Å². The molecular formula is C21H22FN5O3S. The molecule has 1 saturated carbocycles. The number of sulfonamides is 1. The molecule has 10 heteroatoms. The summed E-state index contributed by atoms with van der Waals surface area (Å²) in [6.45, 7) is 0.512. The van der Waals surface area contributed by atoms with Crippen LogP contribution in [-0.4, -0.2) is 43.1 Å². The average molecular weight is 444 g/mol. The van der Waals surface area contributed by atoms with Crippen LogP contribution in [0.15, 0.2) is 53.4 Å². The molecule has 0 saturated heterocycles. The predicted octanol–water partition coefficient (Wildman–Crippen LogP) is 2.78. The minimum Gasteiger partial charge on any atom is -0.467 e. The van der Waals surface area contributed by atoms with Gasteiger partial charge in [0.2, 0.25) is 16.0 Å². The van der Waals surface area contributed by atoms with E-state index in [0.29, 0.717) is 30.3 Å². The van der Waals surface area contributed by atoms with E-state index in [0.717, 1.165) is 18.4 Å². The fourth-order valence-corrected chi connectivity index (χ4v) is 4.27. The summed E-state index contributed by atoms with van der Waals surface area (Å²) in [6.07, 6.45) is 2.36. The molecule has 0 amide bonds. The maximum atomic E-state index is 13.0. The lowest BCUT2D eigenvalue weighted by molar-refractivity contribution is 0.379. The number of halogens is 1. The molecule has 1 aliphatic rings. The Morgan fingerprint density at radius 3 is 2.58 bits per heavy atom. The van der Waals surface area contributed by atoms with Crippen molar-refractivity contribution in [1.82, 2.24) is 19.7 Å². The quantitative estimate of drug-likeness (QED) is 0.524. The Morgan fingerprint density at radius 2 is 1.87 bits per heavy atom. The van der Waals surface area contributed by atoms with Gasteiger partial charge in [0.25, 0.3) is 0 Å². The van der Waals surface area contributed by atoms with Gasteiger partial charge in [0, 0.05) is 18.2 Å². The first kappa shape index (κ1) is 21.1. The van der Waals surface area contributed by atoms with Crippen molar-refractivity contribution in [2.24, 2.45) is 0 Å². The Labute approximate surface area is 180 Å². The van der Waals surface area contributed by atoms with Crippen molar-refractivity contribution in [1.29, 1.82) is 0 Å². The number of methoxy groups -OCH3 is 1. The van der Waals surface area contributed by atoms with E-state index in [4.69, 9.17) is 4.74 Å². The monoisotopic (exact) mass is 443 g/mol. The number of aromatic nitrogens is 3. The van der Waals surface area contributed by atoms with Gasteiger partial charge in [0.05, 0.1) is 12.0 Å². The highest BCUT2D eigenvalue weighted by Crippen LogP contribution is 2.25. The number of benzene rings is 2. The van der Waals surface area contributed by atoms with Gasteiger partial charge in [-0.05, 0) is 49.1 Å². The van der Waals surface area contributed by atoms with Crippen LogP contribution < -0.4 is 14.8 Å². The molecule has 1 heterocycles. The summed E-state index contributed by atoms with van der Waals surface area (Å²) in [5.41, 5.74) is 1.50. The fourth-order valence-electron chi connectivity index (χ4n) is 2.92. The maximum Gasteiger partial charge on any atom is 0.321 e. The second kappa shape index (κ2) is 8.94. The highest BCUT2D eigenvalue weighted by Gasteiger charge is 2.28. The van der Waals surface area contributed by atoms with Crippen molar-refractivity contribution in [2.45, 2.75) is 30.2 Å². The third kappa shape index (κ3) is 5.53. The molecular weight excluding hydrogens is 421 g/mol. The van der Waals surface area contributed by atoms with Crippen molar-refractivity contribution in [3.63, 3.8) is 0 Å². The van der Waals surface area contributed by atoms with Gasteiger partial charge in [-0.3, -0.25) is 0 Å². The van der Waals surface area contributed by atoms with Crippen LogP contribution in [0.4, 0.5) is 10.3 Å². The van der Waals surface area contributed by atoms with Crippen LogP contribution in [0.1, 0.15) is 18.4 Å². The lowest BCUT2D eigenvalue weighted by atomic mass is 10.1. The van der Waals surface area contributed by atoms with E-state index < -0.39 is 10.0 Å². The third-order valence-electron chi connectivity index (χ3n) is 4.71. The number of nitrogens with zero attached hydrogens (tertiary/aromatic N) is 3. The number of nitrogens with one attached hydrogen (secondary N) is 2. The first-order chi connectivity index (χ1) is 14.9. The summed E-state index contributed by atoms with van der Waals surface area (Å²) < 4.78 is 45.9. The van der Waals surface area contributed by atoms with Crippen molar-refractivity contribution in [3.05, 3.63) is 59.9 Å². The van der Waals surface area contributed by atoms with E-state index >= 15 is 0 Å². The zero-order chi connectivity index (χ0) is 21.8. The number of hydrogen-bond donors (Lipinski definition) is 2. The summed E-state index contributed by atoms with van der Waals surface area (Å²) in [7, 11) is -2.15. The molecule has 2 aromatic carbocycles. The molecule has 0 bridgehead atoms. The van der Waals surface area contributed by atoms with E-state index in [1.807, 2.05) is 0 Å². The van der Waals surface area contributed by atoms with Crippen LogP contribution >= 0.6 is 0 Å². The van der Waals surface area contributed by atoms with Crippen molar-refractivity contribution >= 4 is 16.0 Å². The van der Waals surface area contributed by atoms with E-state index in [9.17, 15) is 12.8 Å². The first-order valence-corrected chi connectivity index (χ1v) is 11.3. The van der Waals surface area contributed by atoms with Gasteiger partial charge >= 0.3 is 6.01 Å². The van der Waals surface area contributed by atoms with Crippen LogP contribution in [0.5, 0.6) is 6.01 Å². The van der Waals surface area contributed by atoms with Gasteiger partial charge in [-0.25, -0.2) is 17.5 Å². The first-order valence-electron chi connectivity index (χ1n) is 9.84. The molecule has 0 unspecified atom stereocenters. The van der Waals surface area contributed by atoms with Crippen LogP contribution in [-0.2, 0) is 16.4 Å². The second-order valence-electron chi connectivity index (χ2n) is 7.20. The Bertz CT molecular complexity index is 1170. The number of anilines is 1. The summed E-state index contributed by atoms with van der Waals surface area (Å²) in [5.74, 6) is 0.313. The summed E-state index contributed by atoms with van der Waals surface area (Å²) in [5, 5.41) is 3.11. The van der Waals surface area contributed by atoms with Gasteiger partial charge in [0.1, 0.15) is 5.82 Å². The van der Waals surface area contributed by atoms with Gasteiger partial charge < -0.3 is 10.1 Å². The molecule has 0 spiro atoms. The fraction of sp³-hybridized carbons (Fsp3) is 0.286. The minimum atomic E-state index is -3.60. The number of rotatable bonds is 9. The zero-order valence-electron chi connectivity index (χ0n) is 16.9. The normalized spacial score (nSPS) is 13.7. The second-order valence-corrected chi connectivity index (χ2v) is 8.91. The average Bonchev–Trinajstić information content (AvgIpc) is 3.58. The van der Waals surface area contributed by atoms with Crippen molar-refractivity contribution in [3.8, 4) is 17.4 Å². The summed E-state index contributed by atoms with van der Waals surface area (Å²) in [6, 6.07) is 12.8. The Kier molecular flexibility index (Phi) is 6.10. The molecule has 0 atom stereocenters. The minimum absolute atomic E-state index is 0.0165. The maximum absolute atomic E-state index is 13.0. The Balaban J connectivity index is 1.53. The summed E-state index contributed by atoms with van der Waals surface area (Å²) >= 11 is 0. The van der Waals surface area contributed by atoms with Gasteiger partial charge in [0.15, 0.2) is 5.82 Å². The molecule has 3 aromatic rings. The van der Waals surface area contributed by atoms with Crippen molar-refractivity contribution in [2.75, 3.05) is 19.0 Å². The number of ether oxygens (including phenoxy) is 1. The van der Waals surface area contributed by atoms with Gasteiger partial charge in [-0.2, -0.15) is 15.0 Å². The lowest BCUT2D eigenvalue weighted by Crippen LogP contribution is -2.25. The zero-order valence-corrected chi connectivity index (χ0v) is 17.7. The molecule has 31 heavy (non-hydrogen) atoms. The Morgan fingerprint density at radius 1 is 1.10 bits per heavy atom. The topological polar surface area (TPSA) is 106 Å². The van der Waals surface area contributed by atoms with Crippen molar-refractivity contribution < 1.29 is 17.5 Å². The van der Waals surface area contributed by atoms with Crippen LogP contribution in [0.3, 0.4) is 0 Å². The standard InChI is InChI=1S/C21H22FN5O3S/c1-30-21-25-19(15-3-2-4-18(13-15)31(28,29)27-17-9-10-17)24-20(26-21)23-12-11-14-5-7-16(22)8-6-14/h2-8,13,17,27H,9-12H2,1H3,(H,23,24,25,26). The largest absolute Gasteiger partial charge is 0.467 e. The molecule has 1 aliphatic carbocycles. The molecule has 4 rings (SSSR count). The lowest BCUT2D eigenvalue weighted by Gasteiger charge is -2.10. The predicted molar refractivity (Wildman–Crippen MR) is 114 cm³/mol. The van der Waals surface area contributed by atoms with E-state index in [1.54, 1.807) is 24.3 Å². The van der Waals surface area contributed by atoms with E-state index in [1.165, 1.54) is 31.4 Å². The smallest absolute Gasteiger partial charge is 0.321 e. The summed E-state index contributed by atoms with van der Waals surface area (Å²) in [4.78, 5) is 13.0. The van der Waals surface area contributed by atoms with E-state index in [2.05, 4.69) is 25.0 Å². The molecule has 162 valence electrons.